The SMILES string of the molecule is Cc1ccc2c3c1COC[C@@]3(C)[C@H](O)C2(C)C. The summed E-state index contributed by atoms with van der Waals surface area (Å²) in [6.45, 7) is 9.84. The van der Waals surface area contributed by atoms with Gasteiger partial charge in [-0.25, -0.2) is 0 Å². The third-order valence-corrected chi connectivity index (χ3v) is 4.75. The molecule has 1 aliphatic carbocycles. The predicted octanol–water partition coefficient (Wildman–Crippen LogP) is 2.44. The van der Waals surface area contributed by atoms with Crippen LogP contribution >= 0.6 is 0 Å². The van der Waals surface area contributed by atoms with E-state index in [0.717, 1.165) is 0 Å². The topological polar surface area (TPSA) is 29.5 Å². The molecule has 0 spiro atoms. The molecule has 3 rings (SSSR count). The summed E-state index contributed by atoms with van der Waals surface area (Å²) in [5.41, 5.74) is 4.80. The fourth-order valence-electron chi connectivity index (χ4n) is 3.72. The van der Waals surface area contributed by atoms with Gasteiger partial charge in [0.2, 0.25) is 0 Å². The monoisotopic (exact) mass is 232 g/mol. The quantitative estimate of drug-likeness (QED) is 0.744. The lowest BCUT2D eigenvalue weighted by Crippen LogP contribution is -2.45. The molecule has 1 heterocycles. The standard InChI is InChI=1S/C15H20O2/c1-9-5-6-11-12-10(9)7-17-8-15(12,4)13(16)14(11,2)3/h5-6,13,16H,7-8H2,1-4H3/t13-,15-/m1/s1. The lowest BCUT2D eigenvalue weighted by Gasteiger charge is -2.37. The molecule has 2 aliphatic rings. The van der Waals surface area contributed by atoms with E-state index >= 15 is 0 Å². The maximum atomic E-state index is 10.7. The van der Waals surface area contributed by atoms with E-state index in [0.29, 0.717) is 13.2 Å². The smallest absolute Gasteiger partial charge is 0.0747 e. The van der Waals surface area contributed by atoms with Crippen LogP contribution < -0.4 is 0 Å². The summed E-state index contributed by atoms with van der Waals surface area (Å²) in [5, 5.41) is 10.7. The Bertz CT molecular complexity index is 490. The summed E-state index contributed by atoms with van der Waals surface area (Å²) in [5.74, 6) is 0. The first kappa shape index (κ1) is 11.2. The molecule has 1 aromatic carbocycles. The third-order valence-electron chi connectivity index (χ3n) is 4.75. The van der Waals surface area contributed by atoms with E-state index < -0.39 is 0 Å². The molecule has 0 aromatic heterocycles. The summed E-state index contributed by atoms with van der Waals surface area (Å²) in [4.78, 5) is 0. The zero-order chi connectivity index (χ0) is 12.4. The van der Waals surface area contributed by atoms with Crippen molar-refractivity contribution >= 4 is 0 Å². The number of aliphatic hydroxyl groups excluding tert-OH is 1. The van der Waals surface area contributed by atoms with Gasteiger partial charge < -0.3 is 9.84 Å². The second-order valence-corrected chi connectivity index (χ2v) is 6.32. The molecule has 0 amide bonds. The molecule has 1 aromatic rings. The Morgan fingerprint density at radius 1 is 1.29 bits per heavy atom. The van der Waals surface area contributed by atoms with E-state index in [2.05, 4.69) is 39.8 Å². The molecule has 1 N–H and O–H groups in total. The highest BCUT2D eigenvalue weighted by Gasteiger charge is 2.55. The van der Waals surface area contributed by atoms with Gasteiger partial charge in [-0.15, -0.1) is 0 Å². The van der Waals surface area contributed by atoms with Gasteiger partial charge in [0.25, 0.3) is 0 Å². The second kappa shape index (κ2) is 3.12. The van der Waals surface area contributed by atoms with Gasteiger partial charge in [-0.2, -0.15) is 0 Å². The van der Waals surface area contributed by atoms with E-state index in [9.17, 15) is 5.11 Å². The summed E-state index contributed by atoms with van der Waals surface area (Å²) in [7, 11) is 0. The van der Waals surface area contributed by atoms with Crippen molar-refractivity contribution < 1.29 is 9.84 Å². The first-order valence-corrected chi connectivity index (χ1v) is 6.28. The summed E-state index contributed by atoms with van der Waals surface area (Å²) >= 11 is 0. The molecule has 0 radical (unpaired) electrons. The Balaban J connectivity index is 2.37. The first-order chi connectivity index (χ1) is 7.89. The Hall–Kier alpha value is -0.860. The van der Waals surface area contributed by atoms with Crippen LogP contribution in [0, 0.1) is 6.92 Å². The Labute approximate surface area is 103 Å². The zero-order valence-electron chi connectivity index (χ0n) is 11.0. The molecule has 92 valence electrons. The van der Waals surface area contributed by atoms with Crippen molar-refractivity contribution in [3.05, 3.63) is 34.4 Å². The number of ether oxygens (including phenoxy) is 1. The highest BCUT2D eigenvalue weighted by molar-refractivity contribution is 5.55. The van der Waals surface area contributed by atoms with Gasteiger partial charge in [0.15, 0.2) is 0 Å². The van der Waals surface area contributed by atoms with Crippen LogP contribution in [0.1, 0.15) is 43.0 Å². The van der Waals surface area contributed by atoms with Crippen LogP contribution in [0.25, 0.3) is 0 Å². The normalized spacial score (nSPS) is 33.6. The van der Waals surface area contributed by atoms with Gasteiger partial charge in [0.1, 0.15) is 0 Å². The lowest BCUT2D eigenvalue weighted by molar-refractivity contribution is -0.0224. The van der Waals surface area contributed by atoms with Crippen molar-refractivity contribution in [2.75, 3.05) is 6.61 Å². The van der Waals surface area contributed by atoms with Crippen LogP contribution in [0.4, 0.5) is 0 Å². The van der Waals surface area contributed by atoms with Gasteiger partial charge >= 0.3 is 0 Å². The molecule has 1 aliphatic heterocycles. The van der Waals surface area contributed by atoms with Crippen molar-refractivity contribution in [1.29, 1.82) is 0 Å². The fourth-order valence-corrected chi connectivity index (χ4v) is 3.72. The van der Waals surface area contributed by atoms with Gasteiger partial charge in [0, 0.05) is 10.8 Å². The fraction of sp³-hybridized carbons (Fsp3) is 0.600. The Morgan fingerprint density at radius 2 is 2.00 bits per heavy atom. The van der Waals surface area contributed by atoms with E-state index in [1.165, 1.54) is 22.3 Å². The minimum Gasteiger partial charge on any atom is -0.391 e. The number of rotatable bonds is 0. The van der Waals surface area contributed by atoms with Crippen LogP contribution in [0.3, 0.4) is 0 Å². The summed E-state index contributed by atoms with van der Waals surface area (Å²) in [6.07, 6.45) is -0.370. The van der Waals surface area contributed by atoms with Crippen molar-refractivity contribution in [3.63, 3.8) is 0 Å². The van der Waals surface area contributed by atoms with Crippen LogP contribution in [0.2, 0.25) is 0 Å². The van der Waals surface area contributed by atoms with Crippen LogP contribution in [0.5, 0.6) is 0 Å². The lowest BCUT2D eigenvalue weighted by atomic mass is 9.76. The number of hydrogen-bond donors (Lipinski definition) is 1. The molecule has 0 saturated heterocycles. The zero-order valence-corrected chi connectivity index (χ0v) is 11.0. The van der Waals surface area contributed by atoms with Crippen molar-refractivity contribution in [2.45, 2.75) is 51.2 Å². The van der Waals surface area contributed by atoms with Gasteiger partial charge in [-0.1, -0.05) is 32.9 Å². The van der Waals surface area contributed by atoms with Crippen molar-refractivity contribution in [3.8, 4) is 0 Å². The Morgan fingerprint density at radius 3 is 2.71 bits per heavy atom. The highest BCUT2D eigenvalue weighted by Crippen LogP contribution is 2.53. The van der Waals surface area contributed by atoms with Gasteiger partial charge in [-0.3, -0.25) is 0 Å². The molecular weight excluding hydrogens is 212 g/mol. The second-order valence-electron chi connectivity index (χ2n) is 6.32. The minimum atomic E-state index is -0.370. The highest BCUT2D eigenvalue weighted by atomic mass is 16.5. The molecule has 0 fully saturated rings. The molecule has 2 nitrogen and oxygen atoms in total. The van der Waals surface area contributed by atoms with Crippen molar-refractivity contribution in [2.24, 2.45) is 0 Å². The molecule has 2 heteroatoms. The van der Waals surface area contributed by atoms with E-state index in [1.54, 1.807) is 0 Å². The third kappa shape index (κ3) is 1.18. The van der Waals surface area contributed by atoms with Crippen LogP contribution in [-0.2, 0) is 22.2 Å². The first-order valence-electron chi connectivity index (χ1n) is 6.28. The molecule has 17 heavy (non-hydrogen) atoms. The molecule has 0 unspecified atom stereocenters. The molecule has 0 saturated carbocycles. The van der Waals surface area contributed by atoms with E-state index in [4.69, 9.17) is 4.74 Å². The van der Waals surface area contributed by atoms with Crippen LogP contribution in [0.15, 0.2) is 12.1 Å². The molecule has 2 atom stereocenters. The number of aliphatic hydroxyl groups is 1. The summed E-state index contributed by atoms with van der Waals surface area (Å²) < 4.78 is 5.72. The Kier molecular flexibility index (Phi) is 2.06. The maximum absolute atomic E-state index is 10.7. The number of benzene rings is 1. The summed E-state index contributed by atoms with van der Waals surface area (Å²) in [6, 6.07) is 4.34. The van der Waals surface area contributed by atoms with Gasteiger partial charge in [-0.05, 0) is 29.2 Å². The molecular formula is C15H20O2. The largest absolute Gasteiger partial charge is 0.391 e. The van der Waals surface area contributed by atoms with Crippen molar-refractivity contribution in [1.82, 2.24) is 0 Å². The van der Waals surface area contributed by atoms with E-state index in [1.807, 2.05) is 0 Å². The number of hydrogen-bond acceptors (Lipinski definition) is 2. The average Bonchev–Trinajstić information content (AvgIpc) is 2.43. The number of aryl methyl sites for hydroxylation is 1. The average molecular weight is 232 g/mol. The van der Waals surface area contributed by atoms with Crippen LogP contribution in [-0.4, -0.2) is 17.8 Å². The minimum absolute atomic E-state index is 0.180. The van der Waals surface area contributed by atoms with Gasteiger partial charge in [0.05, 0.1) is 19.3 Å². The predicted molar refractivity (Wildman–Crippen MR) is 67.2 cm³/mol. The molecule has 0 bridgehead atoms. The van der Waals surface area contributed by atoms with E-state index in [-0.39, 0.29) is 16.9 Å². The maximum Gasteiger partial charge on any atom is 0.0747 e.